The minimum absolute atomic E-state index is 0.0371. The molecule has 1 aliphatic rings. The Kier molecular flexibility index (Phi) is 3.19. The smallest absolute Gasteiger partial charge is 0.143 e. The van der Waals surface area contributed by atoms with E-state index in [1.807, 2.05) is 18.2 Å². The summed E-state index contributed by atoms with van der Waals surface area (Å²) in [6, 6.07) is 10.4. The van der Waals surface area contributed by atoms with Gasteiger partial charge in [-0.2, -0.15) is 5.26 Å². The summed E-state index contributed by atoms with van der Waals surface area (Å²) in [6.45, 7) is 2.65. The van der Waals surface area contributed by atoms with Crippen molar-refractivity contribution in [1.29, 1.82) is 5.26 Å². The lowest BCUT2D eigenvalue weighted by atomic mass is 10.2. The number of benzene rings is 1. The molecule has 0 radical (unpaired) electrons. The Balaban J connectivity index is 1.69. The Bertz CT molecular complexity index is 671. The maximum Gasteiger partial charge on any atom is 0.143 e. The zero-order valence-electron chi connectivity index (χ0n) is 11.2. The Morgan fingerprint density at radius 1 is 1.40 bits per heavy atom. The van der Waals surface area contributed by atoms with Gasteiger partial charge in [-0.3, -0.25) is 0 Å². The number of hydrogen-bond acceptors (Lipinski definition) is 3. The predicted octanol–water partition coefficient (Wildman–Crippen LogP) is 4.03. The van der Waals surface area contributed by atoms with Crippen LogP contribution in [0.25, 0.3) is 0 Å². The van der Waals surface area contributed by atoms with Crippen LogP contribution in [-0.4, -0.2) is 0 Å². The first-order valence-corrected chi connectivity index (χ1v) is 6.70. The molecule has 0 saturated heterocycles. The van der Waals surface area contributed by atoms with Crippen molar-refractivity contribution in [2.24, 2.45) is 5.92 Å². The van der Waals surface area contributed by atoms with Gasteiger partial charge in [0.25, 0.3) is 0 Å². The average Bonchev–Trinajstić information content (AvgIpc) is 3.00. The number of anilines is 1. The lowest BCUT2D eigenvalue weighted by molar-refractivity contribution is 0.468. The molecule has 0 spiro atoms. The molecule has 1 fully saturated rings. The van der Waals surface area contributed by atoms with Crippen molar-refractivity contribution in [2.75, 3.05) is 5.32 Å². The predicted molar refractivity (Wildman–Crippen MR) is 73.7 cm³/mol. The fraction of sp³-hybridized carbons (Fsp3) is 0.312. The van der Waals surface area contributed by atoms with Crippen LogP contribution in [0.2, 0.25) is 0 Å². The van der Waals surface area contributed by atoms with Crippen molar-refractivity contribution in [3.05, 3.63) is 53.2 Å². The Morgan fingerprint density at radius 3 is 2.90 bits per heavy atom. The lowest BCUT2D eigenvalue weighted by Gasteiger charge is -2.06. The second-order valence-corrected chi connectivity index (χ2v) is 5.25. The van der Waals surface area contributed by atoms with Crippen LogP contribution in [0.5, 0.6) is 0 Å². The first-order chi connectivity index (χ1) is 9.69. The topological polar surface area (TPSA) is 49.0 Å². The quantitative estimate of drug-likeness (QED) is 0.912. The average molecular weight is 270 g/mol. The molecular formula is C16H15FN2O. The highest BCUT2D eigenvalue weighted by Gasteiger charge is 2.36. The first kappa shape index (κ1) is 12.7. The zero-order chi connectivity index (χ0) is 14.1. The Morgan fingerprint density at radius 2 is 2.20 bits per heavy atom. The first-order valence-electron chi connectivity index (χ1n) is 6.70. The highest BCUT2D eigenvalue weighted by atomic mass is 19.1. The molecule has 1 aromatic carbocycles. The van der Waals surface area contributed by atoms with Gasteiger partial charge in [0.05, 0.1) is 12.2 Å². The van der Waals surface area contributed by atoms with Gasteiger partial charge in [-0.15, -0.1) is 0 Å². The van der Waals surface area contributed by atoms with E-state index in [9.17, 15) is 4.39 Å². The summed E-state index contributed by atoms with van der Waals surface area (Å²) in [5.41, 5.74) is 0.528. The largest absolute Gasteiger partial charge is 0.464 e. The lowest BCUT2D eigenvalue weighted by Crippen LogP contribution is -2.01. The van der Waals surface area contributed by atoms with Gasteiger partial charge >= 0.3 is 0 Å². The second-order valence-electron chi connectivity index (χ2n) is 5.25. The Hall–Kier alpha value is -2.28. The van der Waals surface area contributed by atoms with Gasteiger partial charge in [-0.1, -0.05) is 13.0 Å². The summed E-state index contributed by atoms with van der Waals surface area (Å²) < 4.78 is 19.2. The van der Waals surface area contributed by atoms with E-state index in [4.69, 9.17) is 9.68 Å². The van der Waals surface area contributed by atoms with Gasteiger partial charge in [0.1, 0.15) is 29.0 Å². The second kappa shape index (κ2) is 5.01. The number of rotatable bonds is 4. The SMILES string of the molecule is CC1CC1c1ccc(CNc2cccc(F)c2C#N)o1. The third kappa shape index (κ3) is 2.39. The van der Waals surface area contributed by atoms with E-state index in [1.165, 1.54) is 12.5 Å². The zero-order valence-corrected chi connectivity index (χ0v) is 11.2. The van der Waals surface area contributed by atoms with Crippen molar-refractivity contribution in [3.63, 3.8) is 0 Å². The molecule has 1 saturated carbocycles. The van der Waals surface area contributed by atoms with Crippen molar-refractivity contribution in [1.82, 2.24) is 0 Å². The fourth-order valence-electron chi connectivity index (χ4n) is 2.37. The van der Waals surface area contributed by atoms with Crippen LogP contribution in [-0.2, 0) is 6.54 Å². The highest BCUT2D eigenvalue weighted by Crippen LogP contribution is 2.47. The minimum atomic E-state index is -0.510. The molecule has 0 amide bonds. The number of nitriles is 1. The van der Waals surface area contributed by atoms with E-state index in [0.717, 1.165) is 11.5 Å². The van der Waals surface area contributed by atoms with E-state index in [0.29, 0.717) is 24.1 Å². The van der Waals surface area contributed by atoms with E-state index >= 15 is 0 Å². The third-order valence-electron chi connectivity index (χ3n) is 3.74. The minimum Gasteiger partial charge on any atom is -0.464 e. The maximum atomic E-state index is 13.5. The molecule has 102 valence electrons. The van der Waals surface area contributed by atoms with E-state index < -0.39 is 5.82 Å². The van der Waals surface area contributed by atoms with Crippen molar-refractivity contribution in [2.45, 2.75) is 25.8 Å². The molecule has 4 heteroatoms. The van der Waals surface area contributed by atoms with E-state index in [2.05, 4.69) is 12.2 Å². The fourth-order valence-corrected chi connectivity index (χ4v) is 2.37. The van der Waals surface area contributed by atoms with E-state index in [1.54, 1.807) is 12.1 Å². The van der Waals surface area contributed by atoms with Crippen LogP contribution in [0.1, 0.15) is 36.3 Å². The monoisotopic (exact) mass is 270 g/mol. The molecule has 2 atom stereocenters. The number of halogens is 1. The number of furan rings is 1. The van der Waals surface area contributed by atoms with Gasteiger partial charge in [0.2, 0.25) is 0 Å². The van der Waals surface area contributed by atoms with Gasteiger partial charge in [0, 0.05) is 5.92 Å². The summed E-state index contributed by atoms with van der Waals surface area (Å²) in [4.78, 5) is 0. The summed E-state index contributed by atoms with van der Waals surface area (Å²) >= 11 is 0. The van der Waals surface area contributed by atoms with Crippen molar-refractivity contribution in [3.8, 4) is 6.07 Å². The normalized spacial score (nSPS) is 20.4. The summed E-state index contributed by atoms with van der Waals surface area (Å²) in [7, 11) is 0. The standard InChI is InChI=1S/C16H15FN2O/c1-10-7-12(10)16-6-5-11(20-16)9-19-15-4-2-3-14(17)13(15)8-18/h2-6,10,12,19H,7,9H2,1H3. The summed E-state index contributed by atoms with van der Waals surface area (Å²) in [5, 5.41) is 12.0. The molecule has 2 unspecified atom stereocenters. The molecule has 1 aliphatic carbocycles. The molecule has 1 heterocycles. The molecule has 2 aromatic rings. The molecular weight excluding hydrogens is 255 g/mol. The van der Waals surface area contributed by atoms with Gasteiger partial charge < -0.3 is 9.73 Å². The van der Waals surface area contributed by atoms with Crippen LogP contribution in [0.4, 0.5) is 10.1 Å². The van der Waals surface area contributed by atoms with Crippen LogP contribution >= 0.6 is 0 Å². The summed E-state index contributed by atoms with van der Waals surface area (Å²) in [6.07, 6.45) is 1.18. The van der Waals surface area contributed by atoms with E-state index in [-0.39, 0.29) is 5.56 Å². The molecule has 3 nitrogen and oxygen atoms in total. The number of hydrogen-bond donors (Lipinski definition) is 1. The maximum absolute atomic E-state index is 13.5. The van der Waals surface area contributed by atoms with Crippen molar-refractivity contribution >= 4 is 5.69 Å². The molecule has 0 bridgehead atoms. The number of nitrogens with one attached hydrogen (secondary N) is 1. The molecule has 0 aliphatic heterocycles. The van der Waals surface area contributed by atoms with Crippen LogP contribution in [0, 0.1) is 23.1 Å². The highest BCUT2D eigenvalue weighted by molar-refractivity contribution is 5.57. The number of nitrogens with zero attached hydrogens (tertiary/aromatic N) is 1. The van der Waals surface area contributed by atoms with Gasteiger partial charge in [-0.25, -0.2) is 4.39 Å². The molecule has 3 rings (SSSR count). The molecule has 1 N–H and O–H groups in total. The Labute approximate surface area is 117 Å². The van der Waals surface area contributed by atoms with Crippen LogP contribution < -0.4 is 5.32 Å². The molecule has 1 aromatic heterocycles. The van der Waals surface area contributed by atoms with Gasteiger partial charge in [0.15, 0.2) is 0 Å². The van der Waals surface area contributed by atoms with Crippen LogP contribution in [0.3, 0.4) is 0 Å². The van der Waals surface area contributed by atoms with Gasteiger partial charge in [-0.05, 0) is 36.6 Å². The van der Waals surface area contributed by atoms with Crippen molar-refractivity contribution < 1.29 is 8.81 Å². The summed E-state index contributed by atoms with van der Waals surface area (Å²) in [5.74, 6) is 2.56. The third-order valence-corrected chi connectivity index (χ3v) is 3.74. The molecule has 20 heavy (non-hydrogen) atoms. The van der Waals surface area contributed by atoms with Crippen LogP contribution in [0.15, 0.2) is 34.7 Å².